The Morgan fingerprint density at radius 3 is 2.75 bits per heavy atom. The third-order valence-electron chi connectivity index (χ3n) is 6.34. The summed E-state index contributed by atoms with van der Waals surface area (Å²) in [6.07, 6.45) is 1.34. The first-order chi connectivity index (χ1) is 18.5. The van der Waals surface area contributed by atoms with Gasteiger partial charge in [0.15, 0.2) is 5.01 Å². The highest BCUT2D eigenvalue weighted by Crippen LogP contribution is 2.28. The number of aliphatic carboxylic acids is 1. The van der Waals surface area contributed by atoms with Crippen molar-refractivity contribution in [3.63, 3.8) is 0 Å². The number of aromatic nitrogens is 3. The summed E-state index contributed by atoms with van der Waals surface area (Å²) in [6.45, 7) is 1.05. The number of aryl methyl sites for hydroxylation is 1. The average molecular weight is 719 g/mol. The van der Waals surface area contributed by atoms with Gasteiger partial charge in [-0.2, -0.15) is 4.31 Å². The highest BCUT2D eigenvalue weighted by molar-refractivity contribution is 14.0. The van der Waals surface area contributed by atoms with Gasteiger partial charge in [-0.3, -0.25) is 19.4 Å². The lowest BCUT2D eigenvalue weighted by Gasteiger charge is -2.40. The zero-order valence-electron chi connectivity index (χ0n) is 21.0. The van der Waals surface area contributed by atoms with Crippen LogP contribution in [0.15, 0.2) is 41.6 Å². The number of fused-ring (bicyclic) bond motifs is 2. The van der Waals surface area contributed by atoms with Crippen LogP contribution in [0.2, 0.25) is 5.02 Å². The Morgan fingerprint density at radius 2 is 2.00 bits per heavy atom. The van der Waals surface area contributed by atoms with Crippen LogP contribution in [0.5, 0.6) is 0 Å². The maximum absolute atomic E-state index is 13.5. The monoisotopic (exact) mass is 718 g/mol. The Bertz CT molecular complexity index is 1730. The second kappa shape index (κ2) is 11.9. The number of hydrogen-bond donors (Lipinski definition) is 3. The molecule has 1 fully saturated rings. The number of benzene rings is 1. The van der Waals surface area contributed by atoms with Gasteiger partial charge >= 0.3 is 5.97 Å². The number of aromatic amines is 1. The first kappa shape index (κ1) is 30.1. The van der Waals surface area contributed by atoms with Crippen LogP contribution < -0.4 is 5.32 Å². The molecule has 1 atom stereocenters. The highest BCUT2D eigenvalue weighted by Gasteiger charge is 2.39. The van der Waals surface area contributed by atoms with E-state index in [1.54, 1.807) is 30.5 Å². The zero-order valence-corrected chi connectivity index (χ0v) is 25.7. The summed E-state index contributed by atoms with van der Waals surface area (Å²) in [7, 11) is -4.02. The molecule has 3 aromatic heterocycles. The normalized spacial score (nSPS) is 16.1. The van der Waals surface area contributed by atoms with Crippen molar-refractivity contribution in [3.05, 3.63) is 52.3 Å². The van der Waals surface area contributed by atoms with Gasteiger partial charge in [0, 0.05) is 53.9 Å². The average Bonchev–Trinajstić information content (AvgIpc) is 3.51. The number of halogens is 2. The molecule has 0 spiro atoms. The predicted octanol–water partition coefficient (Wildman–Crippen LogP) is 2.86. The molecule has 3 N–H and O–H groups in total. The van der Waals surface area contributed by atoms with Crippen molar-refractivity contribution in [2.75, 3.05) is 26.2 Å². The molecule has 1 unspecified atom stereocenters. The van der Waals surface area contributed by atoms with Crippen molar-refractivity contribution in [1.29, 1.82) is 0 Å². The molecule has 1 aliphatic rings. The Morgan fingerprint density at radius 1 is 1.23 bits per heavy atom. The van der Waals surface area contributed by atoms with E-state index in [0.29, 0.717) is 21.4 Å². The molecule has 1 aliphatic heterocycles. The minimum absolute atomic E-state index is 0. The number of rotatable bonds is 7. The number of nitrogens with one attached hydrogen (secondary N) is 2. The number of hydrogen-bond acceptors (Lipinski definition) is 8. The maximum Gasteiger partial charge on any atom is 0.322 e. The number of H-pyrrole nitrogens is 1. The molecule has 4 aromatic rings. The van der Waals surface area contributed by atoms with Gasteiger partial charge in [0.2, 0.25) is 5.91 Å². The summed E-state index contributed by atoms with van der Waals surface area (Å²) in [5, 5.41) is 12.4. The number of carbonyl (C=O) groups excluding carboxylic acids is 2. The van der Waals surface area contributed by atoms with Gasteiger partial charge in [-0.05, 0) is 37.3 Å². The second-order valence-electron chi connectivity index (χ2n) is 9.07. The smallest absolute Gasteiger partial charge is 0.322 e. The Balaban J connectivity index is 0.00000370. The molecule has 212 valence electrons. The van der Waals surface area contributed by atoms with Gasteiger partial charge in [0.25, 0.3) is 15.9 Å². The molecule has 1 saturated heterocycles. The Labute approximate surface area is 254 Å². The summed E-state index contributed by atoms with van der Waals surface area (Å²) in [6, 6.07) is 7.36. The molecule has 4 heterocycles. The van der Waals surface area contributed by atoms with Gasteiger partial charge in [0.1, 0.15) is 11.6 Å². The van der Waals surface area contributed by atoms with E-state index in [2.05, 4.69) is 20.3 Å². The third kappa shape index (κ3) is 6.22. The highest BCUT2D eigenvalue weighted by atomic mass is 127. The van der Waals surface area contributed by atoms with E-state index in [1.807, 2.05) is 6.92 Å². The van der Waals surface area contributed by atoms with E-state index < -0.39 is 40.4 Å². The number of nitrogens with zero attached hydrogens (tertiary/aromatic N) is 4. The van der Waals surface area contributed by atoms with Crippen molar-refractivity contribution in [2.24, 2.45) is 0 Å². The number of pyridine rings is 1. The fourth-order valence-corrected chi connectivity index (χ4v) is 6.99. The molecule has 0 radical (unpaired) electrons. The van der Waals surface area contributed by atoms with Gasteiger partial charge in [-0.25, -0.2) is 13.4 Å². The molecule has 12 nitrogen and oxygen atoms in total. The first-order valence-corrected chi connectivity index (χ1v) is 14.5. The summed E-state index contributed by atoms with van der Waals surface area (Å²) in [5.41, 5.74) is 1.96. The lowest BCUT2D eigenvalue weighted by atomic mass is 10.1. The van der Waals surface area contributed by atoms with E-state index in [0.717, 1.165) is 21.7 Å². The van der Waals surface area contributed by atoms with Crippen LogP contribution in [0, 0.1) is 6.92 Å². The molecule has 0 bridgehead atoms. The number of thiazole rings is 1. The molecule has 16 heteroatoms. The van der Waals surface area contributed by atoms with Crippen molar-refractivity contribution < 1.29 is 27.9 Å². The summed E-state index contributed by atoms with van der Waals surface area (Å²) in [5.74, 6) is -2.28. The largest absolute Gasteiger partial charge is 0.480 e. The molecular weight excluding hydrogens is 695 g/mol. The van der Waals surface area contributed by atoms with Gasteiger partial charge < -0.3 is 20.3 Å². The lowest BCUT2D eigenvalue weighted by molar-refractivity contribution is -0.138. The molecule has 5 rings (SSSR count). The molecule has 40 heavy (non-hydrogen) atoms. The van der Waals surface area contributed by atoms with Gasteiger partial charge in [-0.1, -0.05) is 11.6 Å². The van der Waals surface area contributed by atoms with E-state index in [9.17, 15) is 22.8 Å². The van der Waals surface area contributed by atoms with Crippen LogP contribution in [-0.4, -0.2) is 87.7 Å². The van der Waals surface area contributed by atoms with E-state index in [1.165, 1.54) is 15.3 Å². The van der Waals surface area contributed by atoms with Crippen LogP contribution in [0.4, 0.5) is 0 Å². The zero-order chi connectivity index (χ0) is 27.9. The third-order valence-corrected chi connectivity index (χ3v) is 9.35. The molecule has 0 saturated carbocycles. The minimum Gasteiger partial charge on any atom is -0.480 e. The maximum atomic E-state index is 13.5. The summed E-state index contributed by atoms with van der Waals surface area (Å²) < 4.78 is 29.0. The van der Waals surface area contributed by atoms with E-state index in [4.69, 9.17) is 16.7 Å². The standard InChI is InChI=1S/C24H23ClN6O6S2.HI/c1-13-6-18-19(10-26-13)38-23(29-18)24(35)31-5-4-30(12-16(31)9-20(32)27-11-22(33)34)39(36,37)21-8-14-7-15(25)2-3-17(14)28-21;/h2-3,6-8,10,16,28H,4-5,9,11-12H2,1H3,(H,27,32)(H,33,34);1H. The lowest BCUT2D eigenvalue weighted by Crippen LogP contribution is -2.57. The van der Waals surface area contributed by atoms with Crippen LogP contribution in [0.3, 0.4) is 0 Å². The van der Waals surface area contributed by atoms with Crippen LogP contribution >= 0.6 is 46.9 Å². The quantitative estimate of drug-likeness (QED) is 0.246. The number of sulfonamides is 1. The van der Waals surface area contributed by atoms with Gasteiger partial charge in [0.05, 0.1) is 16.3 Å². The summed E-state index contributed by atoms with van der Waals surface area (Å²) >= 11 is 7.20. The van der Waals surface area contributed by atoms with Crippen molar-refractivity contribution in [1.82, 2.24) is 29.5 Å². The van der Waals surface area contributed by atoms with Crippen molar-refractivity contribution in [2.45, 2.75) is 24.4 Å². The molecule has 1 aromatic carbocycles. The number of amides is 2. The number of carboxylic acids is 1. The van der Waals surface area contributed by atoms with E-state index >= 15 is 0 Å². The predicted molar refractivity (Wildman–Crippen MR) is 160 cm³/mol. The first-order valence-electron chi connectivity index (χ1n) is 11.8. The van der Waals surface area contributed by atoms with E-state index in [-0.39, 0.29) is 60.1 Å². The topological polar surface area (TPSA) is 166 Å². The summed E-state index contributed by atoms with van der Waals surface area (Å²) in [4.78, 5) is 50.0. The second-order valence-corrected chi connectivity index (χ2v) is 12.4. The minimum atomic E-state index is -4.02. The number of carboxylic acid groups (broad SMARTS) is 1. The van der Waals surface area contributed by atoms with Crippen LogP contribution in [-0.2, 0) is 19.6 Å². The van der Waals surface area contributed by atoms with Crippen LogP contribution in [0.1, 0.15) is 21.9 Å². The fraction of sp³-hybridized carbons (Fsp3) is 0.292. The fourth-order valence-electron chi connectivity index (χ4n) is 4.45. The number of carbonyl (C=O) groups is 3. The van der Waals surface area contributed by atoms with Crippen molar-refractivity contribution in [3.8, 4) is 0 Å². The van der Waals surface area contributed by atoms with Crippen molar-refractivity contribution >= 4 is 95.8 Å². The molecular formula is C24H24ClIN6O6S2. The van der Waals surface area contributed by atoms with Gasteiger partial charge in [-0.15, -0.1) is 35.3 Å². The van der Waals surface area contributed by atoms with Crippen LogP contribution in [0.25, 0.3) is 21.1 Å². The Hall–Kier alpha value is -2.86. The Kier molecular flexibility index (Phi) is 8.99. The SMILES string of the molecule is Cc1cc2nc(C(=O)N3CCN(S(=O)(=O)c4cc5cc(Cl)ccc5[nH]4)CC3CC(=O)NCC(=O)O)sc2cn1.I. The molecule has 2 amide bonds. The number of piperazine rings is 1. The molecule has 0 aliphatic carbocycles.